The molecule has 0 aliphatic carbocycles. The van der Waals surface area contributed by atoms with Gasteiger partial charge in [-0.25, -0.2) is 13.1 Å². The molecule has 6 nitrogen and oxygen atoms in total. The number of carbonyl (C=O) groups excluding carboxylic acids is 1. The van der Waals surface area contributed by atoms with Crippen LogP contribution in [0.4, 0.5) is 0 Å². The van der Waals surface area contributed by atoms with Gasteiger partial charge in [-0.1, -0.05) is 20.8 Å². The van der Waals surface area contributed by atoms with Crippen LogP contribution in [-0.2, 0) is 21.2 Å². The summed E-state index contributed by atoms with van der Waals surface area (Å²) in [4.78, 5) is 12.7. The monoisotopic (exact) mass is 383 g/mol. The molecule has 134 valence electrons. The molecule has 0 atom stereocenters. The van der Waals surface area contributed by atoms with E-state index in [1.807, 2.05) is 20.8 Å². The summed E-state index contributed by atoms with van der Waals surface area (Å²) in [5.41, 5.74) is 4.92. The normalized spacial score (nSPS) is 11.8. The largest absolute Gasteiger partial charge is 0.355 e. The van der Waals surface area contributed by atoms with Gasteiger partial charge >= 0.3 is 0 Å². The number of nitrogens with one attached hydrogen (secondary N) is 2. The first-order valence-corrected chi connectivity index (χ1v) is 9.53. The number of halogens is 1. The first kappa shape index (κ1) is 22.3. The number of hydrogen-bond donors (Lipinski definition) is 3. The molecule has 0 saturated carbocycles. The Bertz CT molecular complexity index is 595. The SMILES string of the molecule is CC(C)(C)C(=O)NCCc1ccc(S(=O)(=O)NCCCN)s1.Cl. The van der Waals surface area contributed by atoms with Gasteiger partial charge in [-0.2, -0.15) is 0 Å². The fourth-order valence-electron chi connectivity index (χ4n) is 1.58. The van der Waals surface area contributed by atoms with E-state index in [1.54, 1.807) is 12.1 Å². The van der Waals surface area contributed by atoms with Crippen LogP contribution in [0.25, 0.3) is 0 Å². The van der Waals surface area contributed by atoms with Crippen LogP contribution in [0.2, 0.25) is 0 Å². The highest BCUT2D eigenvalue weighted by molar-refractivity contribution is 7.91. The zero-order valence-electron chi connectivity index (χ0n) is 13.7. The Morgan fingerprint density at radius 1 is 1.26 bits per heavy atom. The summed E-state index contributed by atoms with van der Waals surface area (Å²) in [7, 11) is -3.45. The van der Waals surface area contributed by atoms with Crippen molar-refractivity contribution < 1.29 is 13.2 Å². The van der Waals surface area contributed by atoms with E-state index < -0.39 is 15.4 Å². The summed E-state index contributed by atoms with van der Waals surface area (Å²) in [6.45, 7) is 6.84. The Kier molecular flexibility index (Phi) is 9.30. The third-order valence-corrected chi connectivity index (χ3v) is 6.01. The summed E-state index contributed by atoms with van der Waals surface area (Å²) >= 11 is 1.22. The number of rotatable bonds is 8. The first-order chi connectivity index (χ1) is 10.2. The molecule has 1 amide bonds. The van der Waals surface area contributed by atoms with Crippen LogP contribution in [0.15, 0.2) is 16.3 Å². The standard InChI is InChI=1S/C14H25N3O3S2.ClH/c1-14(2,3)13(18)16-10-7-11-5-6-12(21-11)22(19,20)17-9-4-8-15;/h5-6,17H,4,7-10,15H2,1-3H3,(H,16,18);1H. The summed E-state index contributed by atoms with van der Waals surface area (Å²) in [5.74, 6) is -0.0136. The minimum absolute atomic E-state index is 0. The zero-order chi connectivity index (χ0) is 16.8. The highest BCUT2D eigenvalue weighted by Gasteiger charge is 2.20. The average Bonchev–Trinajstić information content (AvgIpc) is 2.87. The van der Waals surface area contributed by atoms with Crippen molar-refractivity contribution in [2.24, 2.45) is 11.1 Å². The molecule has 0 saturated heterocycles. The Morgan fingerprint density at radius 2 is 1.91 bits per heavy atom. The smallest absolute Gasteiger partial charge is 0.250 e. The molecule has 1 aromatic heterocycles. The van der Waals surface area contributed by atoms with Gasteiger partial charge in [0.15, 0.2) is 0 Å². The Labute approximate surface area is 148 Å². The molecule has 0 spiro atoms. The predicted molar refractivity (Wildman–Crippen MR) is 96.6 cm³/mol. The van der Waals surface area contributed by atoms with Gasteiger partial charge in [0.1, 0.15) is 4.21 Å². The maximum absolute atomic E-state index is 12.0. The molecule has 0 aliphatic heterocycles. The number of hydrogen-bond acceptors (Lipinski definition) is 5. The van der Waals surface area contributed by atoms with Crippen molar-refractivity contribution in [1.82, 2.24) is 10.0 Å². The minimum Gasteiger partial charge on any atom is -0.355 e. The van der Waals surface area contributed by atoms with E-state index in [-0.39, 0.29) is 18.3 Å². The third kappa shape index (κ3) is 7.63. The lowest BCUT2D eigenvalue weighted by Crippen LogP contribution is -2.35. The van der Waals surface area contributed by atoms with Crippen molar-refractivity contribution in [3.05, 3.63) is 17.0 Å². The maximum Gasteiger partial charge on any atom is 0.250 e. The molecule has 0 bridgehead atoms. The van der Waals surface area contributed by atoms with Crippen molar-refractivity contribution in [2.45, 2.75) is 37.8 Å². The second kappa shape index (κ2) is 9.58. The Hall–Kier alpha value is -0.670. The summed E-state index contributed by atoms with van der Waals surface area (Å²) in [5, 5.41) is 2.85. The second-order valence-electron chi connectivity index (χ2n) is 6.02. The lowest BCUT2D eigenvalue weighted by atomic mass is 9.96. The molecule has 0 aliphatic rings. The molecule has 0 aromatic carbocycles. The van der Waals surface area contributed by atoms with Crippen molar-refractivity contribution in [3.63, 3.8) is 0 Å². The fourth-order valence-corrected chi connectivity index (χ4v) is 4.06. The van der Waals surface area contributed by atoms with Gasteiger partial charge < -0.3 is 11.1 Å². The molecule has 9 heteroatoms. The molecular weight excluding hydrogens is 358 g/mol. The lowest BCUT2D eigenvalue weighted by molar-refractivity contribution is -0.128. The van der Waals surface area contributed by atoms with Crippen molar-refractivity contribution >= 4 is 39.7 Å². The molecule has 1 rings (SSSR count). The van der Waals surface area contributed by atoms with Gasteiger partial charge in [-0.05, 0) is 31.5 Å². The quantitative estimate of drug-likeness (QED) is 0.592. The predicted octanol–water partition coefficient (Wildman–Crippen LogP) is 1.50. The van der Waals surface area contributed by atoms with Gasteiger partial charge in [0.25, 0.3) is 0 Å². The maximum atomic E-state index is 12.0. The van der Waals surface area contributed by atoms with Gasteiger partial charge in [-0.3, -0.25) is 4.79 Å². The van der Waals surface area contributed by atoms with E-state index in [1.165, 1.54) is 11.3 Å². The highest BCUT2D eigenvalue weighted by Crippen LogP contribution is 2.21. The summed E-state index contributed by atoms with van der Waals surface area (Å²) in [6, 6.07) is 3.38. The fraction of sp³-hybridized carbons (Fsp3) is 0.643. The van der Waals surface area contributed by atoms with Crippen molar-refractivity contribution in [1.29, 1.82) is 0 Å². The van der Waals surface area contributed by atoms with Crippen LogP contribution >= 0.6 is 23.7 Å². The second-order valence-corrected chi connectivity index (χ2v) is 9.18. The van der Waals surface area contributed by atoms with Gasteiger partial charge in [0.05, 0.1) is 0 Å². The van der Waals surface area contributed by atoms with E-state index >= 15 is 0 Å². The average molecular weight is 384 g/mol. The van der Waals surface area contributed by atoms with E-state index in [0.717, 1.165) is 4.88 Å². The van der Waals surface area contributed by atoms with E-state index in [0.29, 0.717) is 36.7 Å². The zero-order valence-corrected chi connectivity index (χ0v) is 16.2. The molecule has 0 fully saturated rings. The first-order valence-electron chi connectivity index (χ1n) is 7.23. The van der Waals surface area contributed by atoms with Crippen LogP contribution in [0.1, 0.15) is 32.1 Å². The van der Waals surface area contributed by atoms with Crippen LogP contribution in [0.5, 0.6) is 0 Å². The van der Waals surface area contributed by atoms with Gasteiger partial charge in [0.2, 0.25) is 15.9 Å². The van der Waals surface area contributed by atoms with Crippen LogP contribution in [0, 0.1) is 5.41 Å². The minimum atomic E-state index is -3.45. The van der Waals surface area contributed by atoms with E-state index in [9.17, 15) is 13.2 Å². The molecule has 1 aromatic rings. The van der Waals surface area contributed by atoms with Crippen molar-refractivity contribution in [3.8, 4) is 0 Å². The molecule has 0 unspecified atom stereocenters. The molecule has 0 radical (unpaired) electrons. The van der Waals surface area contributed by atoms with E-state index in [2.05, 4.69) is 10.0 Å². The number of amides is 1. The van der Waals surface area contributed by atoms with Crippen LogP contribution in [0.3, 0.4) is 0 Å². The Morgan fingerprint density at radius 3 is 2.48 bits per heavy atom. The van der Waals surface area contributed by atoms with Crippen LogP contribution < -0.4 is 15.8 Å². The van der Waals surface area contributed by atoms with E-state index in [4.69, 9.17) is 5.73 Å². The van der Waals surface area contributed by atoms with Crippen LogP contribution in [-0.4, -0.2) is 34.0 Å². The lowest BCUT2D eigenvalue weighted by Gasteiger charge is -2.17. The van der Waals surface area contributed by atoms with Gasteiger partial charge in [0, 0.05) is 23.4 Å². The number of sulfonamides is 1. The molecule has 23 heavy (non-hydrogen) atoms. The Balaban J connectivity index is 0.00000484. The number of nitrogens with two attached hydrogens (primary N) is 1. The summed E-state index contributed by atoms with van der Waals surface area (Å²) < 4.78 is 26.9. The molecule has 4 N–H and O–H groups in total. The van der Waals surface area contributed by atoms with Gasteiger partial charge in [-0.15, -0.1) is 23.7 Å². The number of carbonyl (C=O) groups is 1. The third-order valence-electron chi connectivity index (χ3n) is 2.91. The molecule has 1 heterocycles. The summed E-state index contributed by atoms with van der Waals surface area (Å²) in [6.07, 6.45) is 1.22. The topological polar surface area (TPSA) is 101 Å². The molecular formula is C14H26ClN3O3S2. The number of thiophene rings is 1. The van der Waals surface area contributed by atoms with Crippen molar-refractivity contribution in [2.75, 3.05) is 19.6 Å². The highest BCUT2D eigenvalue weighted by atomic mass is 35.5.